The molecule has 158 valence electrons. The summed E-state index contributed by atoms with van der Waals surface area (Å²) < 4.78 is 32.8. The Labute approximate surface area is 178 Å². The maximum absolute atomic E-state index is 14.1. The minimum Gasteiger partial charge on any atom is -0.497 e. The Morgan fingerprint density at radius 2 is 1.71 bits per heavy atom. The quantitative estimate of drug-likeness (QED) is 0.689. The Morgan fingerprint density at radius 1 is 1.03 bits per heavy atom. The van der Waals surface area contributed by atoms with Gasteiger partial charge in [0.05, 0.1) is 19.6 Å². The van der Waals surface area contributed by atoms with Crippen molar-refractivity contribution in [2.75, 3.05) is 19.0 Å². The lowest BCUT2D eigenvalue weighted by Gasteiger charge is -2.30. The molecule has 1 heterocycles. The Balaban J connectivity index is 1.76. The van der Waals surface area contributed by atoms with Crippen LogP contribution in [0.3, 0.4) is 0 Å². The molecule has 0 aromatic heterocycles. The van der Waals surface area contributed by atoms with Crippen LogP contribution in [0.25, 0.3) is 0 Å². The Hall–Kier alpha value is -3.74. The zero-order valence-electron chi connectivity index (χ0n) is 16.8. The number of methoxy groups -OCH3 is 1. The van der Waals surface area contributed by atoms with Gasteiger partial charge >= 0.3 is 0 Å². The molecular weight excluding hydrogens is 402 g/mol. The van der Waals surface area contributed by atoms with Crippen molar-refractivity contribution in [1.82, 2.24) is 4.90 Å². The average molecular weight is 422 g/mol. The average Bonchev–Trinajstić information content (AvgIpc) is 2.90. The predicted octanol–water partition coefficient (Wildman–Crippen LogP) is 4.09. The summed E-state index contributed by atoms with van der Waals surface area (Å²) in [7, 11) is 1.56. The lowest BCUT2D eigenvalue weighted by molar-refractivity contribution is -0.135. The molecule has 0 saturated carbocycles. The third kappa shape index (κ3) is 4.40. The summed E-state index contributed by atoms with van der Waals surface area (Å²) in [5.74, 6) is -0.960. The number of nitrogens with zero attached hydrogens (tertiary/aromatic N) is 1. The molecule has 0 fully saturated rings. The monoisotopic (exact) mass is 422 g/mol. The van der Waals surface area contributed by atoms with E-state index in [-0.39, 0.29) is 24.8 Å². The van der Waals surface area contributed by atoms with Crippen molar-refractivity contribution in [3.63, 3.8) is 0 Å². The van der Waals surface area contributed by atoms with E-state index in [1.165, 1.54) is 47.4 Å². The largest absolute Gasteiger partial charge is 0.497 e. The molecule has 1 aliphatic heterocycles. The third-order valence-corrected chi connectivity index (χ3v) is 5.23. The van der Waals surface area contributed by atoms with Crippen molar-refractivity contribution in [2.24, 2.45) is 0 Å². The number of carbonyl (C=O) groups is 2. The number of hydrogen-bond acceptors (Lipinski definition) is 3. The van der Waals surface area contributed by atoms with E-state index >= 15 is 0 Å². The highest BCUT2D eigenvalue weighted by Gasteiger charge is 2.33. The van der Waals surface area contributed by atoms with Gasteiger partial charge in [-0.15, -0.1) is 0 Å². The van der Waals surface area contributed by atoms with Gasteiger partial charge in [-0.25, -0.2) is 8.78 Å². The highest BCUT2D eigenvalue weighted by molar-refractivity contribution is 5.97. The van der Waals surface area contributed by atoms with E-state index in [0.29, 0.717) is 22.6 Å². The number of hydrogen-bond donors (Lipinski definition) is 1. The first-order chi connectivity index (χ1) is 14.9. The molecule has 3 aromatic carbocycles. The summed E-state index contributed by atoms with van der Waals surface area (Å²) in [6.45, 7) is -0.215. The highest BCUT2D eigenvalue weighted by Crippen LogP contribution is 2.36. The van der Waals surface area contributed by atoms with Gasteiger partial charge in [-0.1, -0.05) is 24.3 Å². The topological polar surface area (TPSA) is 58.6 Å². The lowest BCUT2D eigenvalue weighted by Crippen LogP contribution is -2.39. The molecule has 4 rings (SSSR count). The van der Waals surface area contributed by atoms with Gasteiger partial charge in [-0.2, -0.15) is 0 Å². The standard InChI is InChI=1S/C24H20F2N2O3/c1-31-19-9-2-15(3-10-19)12-23(30)28-14-22(29)27-21-11-8-18(26)13-20(21)24(28)16-4-6-17(25)7-5-16/h2-11,13,24H,12,14H2,1H3,(H,27,29). The Kier molecular flexibility index (Phi) is 5.66. The second-order valence-corrected chi connectivity index (χ2v) is 7.28. The lowest BCUT2D eigenvalue weighted by atomic mass is 9.95. The number of fused-ring (bicyclic) bond motifs is 1. The third-order valence-electron chi connectivity index (χ3n) is 5.23. The smallest absolute Gasteiger partial charge is 0.244 e. The Morgan fingerprint density at radius 3 is 2.39 bits per heavy atom. The second-order valence-electron chi connectivity index (χ2n) is 7.28. The molecule has 1 aliphatic rings. The van der Waals surface area contributed by atoms with E-state index in [0.717, 1.165) is 5.56 Å². The first kappa shape index (κ1) is 20.5. The van der Waals surface area contributed by atoms with E-state index < -0.39 is 17.7 Å². The van der Waals surface area contributed by atoms with Crippen molar-refractivity contribution in [3.8, 4) is 5.75 Å². The van der Waals surface area contributed by atoms with E-state index in [2.05, 4.69) is 5.32 Å². The van der Waals surface area contributed by atoms with Crippen LogP contribution in [0.15, 0.2) is 66.7 Å². The number of ether oxygens (including phenoxy) is 1. The minimum absolute atomic E-state index is 0.0413. The van der Waals surface area contributed by atoms with Crippen LogP contribution in [0.2, 0.25) is 0 Å². The van der Waals surface area contributed by atoms with Crippen LogP contribution < -0.4 is 10.1 Å². The molecule has 0 aliphatic carbocycles. The molecule has 31 heavy (non-hydrogen) atoms. The van der Waals surface area contributed by atoms with E-state index in [1.807, 2.05) is 0 Å². The van der Waals surface area contributed by atoms with Crippen molar-refractivity contribution in [3.05, 3.63) is 95.1 Å². The summed E-state index contributed by atoms with van der Waals surface area (Å²) in [5.41, 5.74) is 2.17. The van der Waals surface area contributed by atoms with E-state index in [4.69, 9.17) is 4.74 Å². The molecule has 1 N–H and O–H groups in total. The fourth-order valence-corrected chi connectivity index (χ4v) is 3.73. The van der Waals surface area contributed by atoms with Crippen LogP contribution >= 0.6 is 0 Å². The fraction of sp³-hybridized carbons (Fsp3) is 0.167. The molecule has 2 amide bonds. The number of rotatable bonds is 4. The van der Waals surface area contributed by atoms with Crippen LogP contribution in [-0.2, 0) is 16.0 Å². The van der Waals surface area contributed by atoms with Crippen LogP contribution in [-0.4, -0.2) is 30.4 Å². The van der Waals surface area contributed by atoms with Gasteiger partial charge in [0.1, 0.15) is 23.9 Å². The normalized spacial score (nSPS) is 15.6. The summed E-state index contributed by atoms with van der Waals surface area (Å²) in [6.07, 6.45) is 0.0413. The molecular formula is C24H20F2N2O3. The summed E-state index contributed by atoms with van der Waals surface area (Å²) in [4.78, 5) is 27.3. The van der Waals surface area contributed by atoms with Crippen molar-refractivity contribution in [2.45, 2.75) is 12.5 Å². The van der Waals surface area contributed by atoms with Gasteiger partial charge in [0, 0.05) is 11.3 Å². The number of nitrogens with one attached hydrogen (secondary N) is 1. The Bertz CT molecular complexity index is 1110. The van der Waals surface area contributed by atoms with Crippen LogP contribution in [0, 0.1) is 11.6 Å². The maximum atomic E-state index is 14.1. The number of anilines is 1. The molecule has 0 radical (unpaired) electrons. The minimum atomic E-state index is -0.754. The van der Waals surface area contributed by atoms with E-state index in [1.54, 1.807) is 31.4 Å². The van der Waals surface area contributed by atoms with Crippen LogP contribution in [0.1, 0.15) is 22.7 Å². The summed E-state index contributed by atoms with van der Waals surface area (Å²) in [6, 6.07) is 15.9. The molecule has 7 heteroatoms. The van der Waals surface area contributed by atoms with Crippen LogP contribution in [0.5, 0.6) is 5.75 Å². The molecule has 5 nitrogen and oxygen atoms in total. The maximum Gasteiger partial charge on any atom is 0.244 e. The molecule has 0 spiro atoms. The highest BCUT2D eigenvalue weighted by atomic mass is 19.1. The van der Waals surface area contributed by atoms with Gasteiger partial charge in [-0.05, 0) is 53.6 Å². The summed E-state index contributed by atoms with van der Waals surface area (Å²) in [5, 5.41) is 2.73. The predicted molar refractivity (Wildman–Crippen MR) is 112 cm³/mol. The number of amides is 2. The zero-order valence-corrected chi connectivity index (χ0v) is 16.8. The van der Waals surface area contributed by atoms with Crippen molar-refractivity contribution >= 4 is 17.5 Å². The van der Waals surface area contributed by atoms with Crippen LogP contribution in [0.4, 0.5) is 14.5 Å². The summed E-state index contributed by atoms with van der Waals surface area (Å²) >= 11 is 0. The molecule has 0 saturated heterocycles. The number of carbonyl (C=O) groups excluding carboxylic acids is 2. The van der Waals surface area contributed by atoms with Gasteiger partial charge < -0.3 is 15.0 Å². The fourth-order valence-electron chi connectivity index (χ4n) is 3.73. The molecule has 1 unspecified atom stereocenters. The number of halogens is 2. The second kappa shape index (κ2) is 8.55. The van der Waals surface area contributed by atoms with Gasteiger partial charge in [0.15, 0.2) is 0 Å². The zero-order chi connectivity index (χ0) is 22.0. The van der Waals surface area contributed by atoms with Gasteiger partial charge in [-0.3, -0.25) is 9.59 Å². The molecule has 0 bridgehead atoms. The van der Waals surface area contributed by atoms with Crippen molar-refractivity contribution in [1.29, 1.82) is 0 Å². The molecule has 1 atom stereocenters. The van der Waals surface area contributed by atoms with Gasteiger partial charge in [0.2, 0.25) is 11.8 Å². The SMILES string of the molecule is COc1ccc(CC(=O)N2CC(=O)Nc3ccc(F)cc3C2c2ccc(F)cc2)cc1. The number of benzene rings is 3. The first-order valence-corrected chi connectivity index (χ1v) is 9.72. The molecule has 3 aromatic rings. The van der Waals surface area contributed by atoms with E-state index in [9.17, 15) is 18.4 Å². The van der Waals surface area contributed by atoms with Crippen molar-refractivity contribution < 1.29 is 23.1 Å². The van der Waals surface area contributed by atoms with Gasteiger partial charge in [0.25, 0.3) is 0 Å². The first-order valence-electron chi connectivity index (χ1n) is 9.72.